The summed E-state index contributed by atoms with van der Waals surface area (Å²) >= 11 is 3.48. The number of benzene rings is 3. The van der Waals surface area contributed by atoms with Crippen molar-refractivity contribution in [1.29, 1.82) is 0 Å². The first-order valence-corrected chi connectivity index (χ1v) is 7.35. The lowest BCUT2D eigenvalue weighted by Gasteiger charge is -2.01. The number of nitrogens with zero attached hydrogens (tertiary/aromatic N) is 1. The molecule has 0 aliphatic rings. The van der Waals surface area contributed by atoms with Gasteiger partial charge in [0.1, 0.15) is 5.52 Å². The van der Waals surface area contributed by atoms with Crippen LogP contribution in [0.2, 0.25) is 0 Å². The smallest absolute Gasteiger partial charge is 0.227 e. The Labute approximate surface area is 129 Å². The van der Waals surface area contributed by atoms with Gasteiger partial charge < -0.3 is 10.2 Å². The Bertz CT molecular complexity index is 975. The Hall–Kier alpha value is -2.33. The summed E-state index contributed by atoms with van der Waals surface area (Å²) in [6.07, 6.45) is 0. The van der Waals surface area contributed by atoms with E-state index in [0.29, 0.717) is 22.7 Å². The third-order valence-corrected chi connectivity index (χ3v) is 3.99. The van der Waals surface area contributed by atoms with Gasteiger partial charge in [-0.3, -0.25) is 0 Å². The van der Waals surface area contributed by atoms with Crippen LogP contribution in [0.1, 0.15) is 0 Å². The van der Waals surface area contributed by atoms with E-state index in [1.54, 1.807) is 0 Å². The van der Waals surface area contributed by atoms with Gasteiger partial charge in [-0.25, -0.2) is 4.98 Å². The van der Waals surface area contributed by atoms with Crippen molar-refractivity contribution < 1.29 is 4.42 Å². The molecule has 21 heavy (non-hydrogen) atoms. The van der Waals surface area contributed by atoms with Gasteiger partial charge in [0.05, 0.1) is 5.69 Å². The third-order valence-electron chi connectivity index (χ3n) is 3.50. The van der Waals surface area contributed by atoms with Gasteiger partial charge in [-0.2, -0.15) is 0 Å². The fourth-order valence-electron chi connectivity index (χ4n) is 2.44. The topological polar surface area (TPSA) is 52.0 Å². The number of fused-ring (bicyclic) bond motifs is 2. The Balaban J connectivity index is 1.91. The second-order valence-electron chi connectivity index (χ2n) is 4.92. The molecule has 0 unspecified atom stereocenters. The molecular formula is C17H11BrN2O. The number of halogens is 1. The quantitative estimate of drug-likeness (QED) is 0.497. The lowest BCUT2D eigenvalue weighted by atomic mass is 10.1. The molecule has 0 bridgehead atoms. The number of aromatic nitrogens is 1. The van der Waals surface area contributed by atoms with Crippen LogP contribution in [-0.4, -0.2) is 4.98 Å². The van der Waals surface area contributed by atoms with E-state index in [1.165, 1.54) is 5.39 Å². The van der Waals surface area contributed by atoms with Crippen LogP contribution in [0.5, 0.6) is 0 Å². The molecule has 4 rings (SSSR count). The molecule has 0 saturated carbocycles. The van der Waals surface area contributed by atoms with E-state index in [9.17, 15) is 0 Å². The molecular weight excluding hydrogens is 328 g/mol. The maximum atomic E-state index is 5.93. The zero-order valence-electron chi connectivity index (χ0n) is 11.0. The minimum atomic E-state index is 0.590. The van der Waals surface area contributed by atoms with Gasteiger partial charge in [0, 0.05) is 10.0 Å². The van der Waals surface area contributed by atoms with Crippen LogP contribution >= 0.6 is 15.9 Å². The fourth-order valence-corrected chi connectivity index (χ4v) is 2.82. The molecule has 0 atom stereocenters. The van der Waals surface area contributed by atoms with Gasteiger partial charge >= 0.3 is 0 Å². The van der Waals surface area contributed by atoms with Crippen LogP contribution < -0.4 is 5.73 Å². The van der Waals surface area contributed by atoms with Gasteiger partial charge in [0.25, 0.3) is 0 Å². The zero-order chi connectivity index (χ0) is 14.4. The first-order chi connectivity index (χ1) is 10.2. The van der Waals surface area contributed by atoms with Crippen molar-refractivity contribution in [2.75, 3.05) is 5.73 Å². The highest BCUT2D eigenvalue weighted by Gasteiger charge is 2.10. The first-order valence-electron chi connectivity index (χ1n) is 6.55. The highest BCUT2D eigenvalue weighted by atomic mass is 79.9. The lowest BCUT2D eigenvalue weighted by Crippen LogP contribution is -1.85. The van der Waals surface area contributed by atoms with E-state index in [-0.39, 0.29) is 0 Å². The molecule has 2 N–H and O–H groups in total. The molecule has 0 aliphatic heterocycles. The summed E-state index contributed by atoms with van der Waals surface area (Å²) in [5.41, 5.74) is 8.92. The molecule has 4 aromatic rings. The number of oxazole rings is 1. The Morgan fingerprint density at radius 1 is 0.952 bits per heavy atom. The normalized spacial score (nSPS) is 11.3. The minimum Gasteiger partial charge on any atom is -0.436 e. The van der Waals surface area contributed by atoms with E-state index in [4.69, 9.17) is 10.2 Å². The molecule has 0 amide bonds. The van der Waals surface area contributed by atoms with Crippen LogP contribution in [0.4, 0.5) is 5.69 Å². The van der Waals surface area contributed by atoms with Gasteiger partial charge in [-0.15, -0.1) is 0 Å². The van der Waals surface area contributed by atoms with Crippen molar-refractivity contribution in [3.63, 3.8) is 0 Å². The van der Waals surface area contributed by atoms with Crippen molar-refractivity contribution in [3.8, 4) is 11.5 Å². The number of rotatable bonds is 1. The highest BCUT2D eigenvalue weighted by molar-refractivity contribution is 9.10. The van der Waals surface area contributed by atoms with Crippen LogP contribution in [0.25, 0.3) is 33.3 Å². The van der Waals surface area contributed by atoms with Crippen molar-refractivity contribution >= 4 is 43.5 Å². The predicted molar refractivity (Wildman–Crippen MR) is 89.1 cm³/mol. The third kappa shape index (κ3) is 2.08. The molecule has 3 aromatic carbocycles. The molecule has 0 spiro atoms. The summed E-state index contributed by atoms with van der Waals surface area (Å²) in [5, 5.41) is 2.31. The van der Waals surface area contributed by atoms with Crippen LogP contribution in [0, 0.1) is 0 Å². The van der Waals surface area contributed by atoms with Crippen LogP contribution in [0.15, 0.2) is 63.5 Å². The second-order valence-corrected chi connectivity index (χ2v) is 5.83. The summed E-state index contributed by atoms with van der Waals surface area (Å²) in [5.74, 6) is 0.590. The second kappa shape index (κ2) is 4.60. The van der Waals surface area contributed by atoms with Crippen molar-refractivity contribution in [3.05, 3.63) is 59.1 Å². The zero-order valence-corrected chi connectivity index (χ0v) is 12.6. The summed E-state index contributed by atoms with van der Waals surface area (Å²) in [6.45, 7) is 0. The van der Waals surface area contributed by atoms with E-state index >= 15 is 0 Å². The van der Waals surface area contributed by atoms with Crippen molar-refractivity contribution in [2.24, 2.45) is 0 Å². The SMILES string of the molecule is Nc1cccc2oc(-c3ccc4cc(Br)ccc4c3)nc12. The molecule has 1 aromatic heterocycles. The molecule has 1 heterocycles. The molecule has 3 nitrogen and oxygen atoms in total. The summed E-state index contributed by atoms with van der Waals surface area (Å²) in [4.78, 5) is 4.51. The van der Waals surface area contributed by atoms with E-state index in [0.717, 1.165) is 15.4 Å². The van der Waals surface area contributed by atoms with E-state index in [1.807, 2.05) is 30.3 Å². The Morgan fingerprint density at radius 3 is 2.62 bits per heavy atom. The maximum absolute atomic E-state index is 5.93. The number of hydrogen-bond donors (Lipinski definition) is 1. The van der Waals surface area contributed by atoms with Crippen molar-refractivity contribution in [1.82, 2.24) is 4.98 Å². The largest absolute Gasteiger partial charge is 0.436 e. The summed E-state index contributed by atoms with van der Waals surface area (Å²) in [7, 11) is 0. The lowest BCUT2D eigenvalue weighted by molar-refractivity contribution is 0.620. The van der Waals surface area contributed by atoms with Gasteiger partial charge in [0.2, 0.25) is 5.89 Å². The summed E-state index contributed by atoms with van der Waals surface area (Å²) in [6, 6.07) is 17.9. The van der Waals surface area contributed by atoms with Gasteiger partial charge in [0.15, 0.2) is 5.58 Å². The number of nitrogen functional groups attached to an aromatic ring is 1. The Kier molecular flexibility index (Phi) is 2.72. The van der Waals surface area contributed by atoms with E-state index in [2.05, 4.69) is 45.2 Å². The summed E-state index contributed by atoms with van der Waals surface area (Å²) < 4.78 is 6.87. The first kappa shape index (κ1) is 12.4. The molecule has 0 saturated heterocycles. The average Bonchev–Trinajstić information content (AvgIpc) is 2.92. The number of hydrogen-bond acceptors (Lipinski definition) is 3. The fraction of sp³-hybridized carbons (Fsp3) is 0. The van der Waals surface area contributed by atoms with Crippen LogP contribution in [-0.2, 0) is 0 Å². The number of para-hydroxylation sites is 1. The molecule has 0 fully saturated rings. The minimum absolute atomic E-state index is 0.590. The monoisotopic (exact) mass is 338 g/mol. The average molecular weight is 339 g/mol. The van der Waals surface area contributed by atoms with Crippen molar-refractivity contribution in [2.45, 2.75) is 0 Å². The molecule has 0 radical (unpaired) electrons. The molecule has 0 aliphatic carbocycles. The maximum Gasteiger partial charge on any atom is 0.227 e. The van der Waals surface area contributed by atoms with Gasteiger partial charge in [-0.05, 0) is 47.2 Å². The van der Waals surface area contributed by atoms with Gasteiger partial charge in [-0.1, -0.05) is 34.1 Å². The molecule has 4 heteroatoms. The van der Waals surface area contributed by atoms with E-state index < -0.39 is 0 Å². The predicted octanol–water partition coefficient (Wildman–Crippen LogP) is 4.99. The molecule has 102 valence electrons. The highest BCUT2D eigenvalue weighted by Crippen LogP contribution is 2.30. The number of nitrogens with two attached hydrogens (primary N) is 1. The standard InChI is InChI=1S/C17H11BrN2O/c18-13-7-6-10-8-12(5-4-11(10)9-13)17-20-16-14(19)2-1-3-15(16)21-17/h1-9H,19H2. The Morgan fingerprint density at radius 2 is 1.76 bits per heavy atom. The number of anilines is 1. The van der Waals surface area contributed by atoms with Crippen LogP contribution in [0.3, 0.4) is 0 Å².